The van der Waals surface area contributed by atoms with Crippen LogP contribution in [0.25, 0.3) is 28.0 Å². The minimum absolute atomic E-state index is 0.00854. The Morgan fingerprint density at radius 1 is 1.18 bits per heavy atom. The van der Waals surface area contributed by atoms with Gasteiger partial charge in [-0.3, -0.25) is 14.2 Å². The largest absolute Gasteiger partial charge is 0.300 e. The van der Waals surface area contributed by atoms with Crippen LogP contribution in [-0.4, -0.2) is 29.4 Å². The predicted molar refractivity (Wildman–Crippen MR) is 101 cm³/mol. The van der Waals surface area contributed by atoms with Crippen molar-refractivity contribution in [2.45, 2.75) is 24.8 Å². The Morgan fingerprint density at radius 2 is 2.07 bits per heavy atom. The van der Waals surface area contributed by atoms with E-state index >= 15 is 0 Å². The van der Waals surface area contributed by atoms with Gasteiger partial charge in [-0.2, -0.15) is 20.7 Å². The van der Waals surface area contributed by atoms with E-state index in [-0.39, 0.29) is 11.5 Å². The van der Waals surface area contributed by atoms with E-state index in [1.54, 1.807) is 12.4 Å². The van der Waals surface area contributed by atoms with Gasteiger partial charge in [0, 0.05) is 35.9 Å². The van der Waals surface area contributed by atoms with Gasteiger partial charge < -0.3 is 0 Å². The zero-order valence-corrected chi connectivity index (χ0v) is 14.9. The minimum Gasteiger partial charge on any atom is -0.300 e. The number of pyridine rings is 1. The molecule has 28 heavy (non-hydrogen) atoms. The zero-order valence-electron chi connectivity index (χ0n) is 14.9. The molecule has 1 N–H and O–H groups in total. The number of H-pyrrole nitrogens is 1. The molecule has 1 saturated carbocycles. The van der Waals surface area contributed by atoms with Gasteiger partial charge in [0.05, 0.1) is 48.1 Å². The highest BCUT2D eigenvalue weighted by Crippen LogP contribution is 2.46. The SMILES string of the molecule is N#CCC1(n2cc(-c3cc(-c4cn[nH]c4)cc4nccn34)cn2)CC(C#N)C1. The zero-order chi connectivity index (χ0) is 19.1. The Balaban J connectivity index is 1.60. The highest BCUT2D eigenvalue weighted by molar-refractivity contribution is 5.74. The summed E-state index contributed by atoms with van der Waals surface area (Å²) in [7, 11) is 0. The normalized spacial score (nSPS) is 21.1. The number of nitrogens with one attached hydrogen (secondary N) is 1. The van der Waals surface area contributed by atoms with Crippen LogP contribution < -0.4 is 0 Å². The van der Waals surface area contributed by atoms with E-state index in [2.05, 4.69) is 38.5 Å². The molecule has 136 valence electrons. The van der Waals surface area contributed by atoms with Crippen molar-refractivity contribution in [3.8, 4) is 34.5 Å². The summed E-state index contributed by atoms with van der Waals surface area (Å²) in [6.45, 7) is 0. The van der Waals surface area contributed by atoms with E-state index < -0.39 is 0 Å². The maximum absolute atomic E-state index is 9.27. The van der Waals surface area contributed by atoms with Crippen LogP contribution in [0, 0.1) is 28.6 Å². The molecule has 0 aliphatic heterocycles. The third-order valence-electron chi connectivity index (χ3n) is 5.55. The first-order valence-corrected chi connectivity index (χ1v) is 9.01. The van der Waals surface area contributed by atoms with Gasteiger partial charge in [0.15, 0.2) is 0 Å². The number of aromatic nitrogens is 6. The Bertz CT molecular complexity index is 1230. The van der Waals surface area contributed by atoms with Crippen LogP contribution in [0.5, 0.6) is 0 Å². The molecule has 0 bridgehead atoms. The highest BCUT2D eigenvalue weighted by atomic mass is 15.3. The molecule has 0 aromatic carbocycles. The van der Waals surface area contributed by atoms with Gasteiger partial charge in [-0.15, -0.1) is 0 Å². The molecule has 4 aromatic heterocycles. The summed E-state index contributed by atoms with van der Waals surface area (Å²) in [6.07, 6.45) is 12.8. The molecule has 4 aromatic rings. The standard InChI is InChI=1S/C20H16N8/c21-2-1-20(7-14(8-20)9-22)28-13-17(12-26-28)18-5-15(16-10-24-25-11-16)6-19-23-3-4-27(18)19/h3-6,10-14H,1,7-8H2,(H,24,25). The lowest BCUT2D eigenvalue weighted by Gasteiger charge is -2.43. The van der Waals surface area contributed by atoms with E-state index in [4.69, 9.17) is 5.26 Å². The van der Waals surface area contributed by atoms with Gasteiger partial charge in [0.2, 0.25) is 0 Å². The van der Waals surface area contributed by atoms with Gasteiger partial charge in [0.25, 0.3) is 0 Å². The summed E-state index contributed by atoms with van der Waals surface area (Å²) in [5.41, 5.74) is 4.34. The molecule has 1 aliphatic rings. The molecule has 1 aliphatic carbocycles. The van der Waals surface area contributed by atoms with Crippen LogP contribution in [0.2, 0.25) is 0 Å². The van der Waals surface area contributed by atoms with E-state index in [1.807, 2.05) is 39.9 Å². The Hall–Kier alpha value is -3.91. The van der Waals surface area contributed by atoms with Crippen molar-refractivity contribution in [3.63, 3.8) is 0 Å². The van der Waals surface area contributed by atoms with Crippen molar-refractivity contribution in [1.82, 2.24) is 29.4 Å². The summed E-state index contributed by atoms with van der Waals surface area (Å²) < 4.78 is 3.88. The van der Waals surface area contributed by atoms with Gasteiger partial charge in [-0.05, 0) is 30.5 Å². The van der Waals surface area contributed by atoms with Crippen LogP contribution in [-0.2, 0) is 5.54 Å². The summed E-state index contributed by atoms with van der Waals surface area (Å²) >= 11 is 0. The second-order valence-corrected chi connectivity index (χ2v) is 7.24. The molecule has 0 spiro atoms. The lowest BCUT2D eigenvalue weighted by atomic mass is 9.67. The fourth-order valence-electron chi connectivity index (χ4n) is 4.04. The smallest absolute Gasteiger partial charge is 0.137 e. The Kier molecular flexibility index (Phi) is 3.53. The second kappa shape index (κ2) is 6.07. The van der Waals surface area contributed by atoms with Crippen molar-refractivity contribution in [1.29, 1.82) is 10.5 Å². The number of hydrogen-bond donors (Lipinski definition) is 1. The molecule has 0 radical (unpaired) electrons. The summed E-state index contributed by atoms with van der Waals surface area (Å²) in [5.74, 6) is -0.00854. The van der Waals surface area contributed by atoms with Crippen molar-refractivity contribution >= 4 is 5.65 Å². The first kappa shape index (κ1) is 16.3. The molecule has 0 saturated heterocycles. The Morgan fingerprint density at radius 3 is 2.82 bits per heavy atom. The van der Waals surface area contributed by atoms with E-state index in [0.29, 0.717) is 19.3 Å². The van der Waals surface area contributed by atoms with E-state index in [0.717, 1.165) is 28.0 Å². The second-order valence-electron chi connectivity index (χ2n) is 7.24. The fourth-order valence-corrected chi connectivity index (χ4v) is 4.04. The highest BCUT2D eigenvalue weighted by Gasteiger charge is 2.46. The maximum atomic E-state index is 9.27. The molecule has 4 heterocycles. The third kappa shape index (κ3) is 2.39. The van der Waals surface area contributed by atoms with Gasteiger partial charge in [-0.25, -0.2) is 4.98 Å². The molecule has 8 heteroatoms. The number of fused-ring (bicyclic) bond motifs is 1. The lowest BCUT2D eigenvalue weighted by Crippen LogP contribution is -2.46. The molecule has 5 rings (SSSR count). The van der Waals surface area contributed by atoms with Crippen LogP contribution in [0.1, 0.15) is 19.3 Å². The monoisotopic (exact) mass is 368 g/mol. The molecular formula is C20H16N8. The number of nitriles is 2. The lowest BCUT2D eigenvalue weighted by molar-refractivity contribution is 0.0882. The first-order valence-electron chi connectivity index (χ1n) is 9.01. The topological polar surface area (TPSA) is 111 Å². The van der Waals surface area contributed by atoms with E-state index in [1.165, 1.54) is 0 Å². The summed E-state index contributed by atoms with van der Waals surface area (Å²) in [6, 6.07) is 8.65. The van der Waals surface area contributed by atoms with Crippen LogP contribution >= 0.6 is 0 Å². The maximum Gasteiger partial charge on any atom is 0.137 e. The van der Waals surface area contributed by atoms with Crippen LogP contribution in [0.4, 0.5) is 0 Å². The molecular weight excluding hydrogens is 352 g/mol. The molecule has 0 atom stereocenters. The average Bonchev–Trinajstić information content (AvgIpc) is 3.44. The molecule has 0 amide bonds. The van der Waals surface area contributed by atoms with Crippen LogP contribution in [0.3, 0.4) is 0 Å². The number of nitrogens with zero attached hydrogens (tertiary/aromatic N) is 7. The van der Waals surface area contributed by atoms with Gasteiger partial charge in [0.1, 0.15) is 5.65 Å². The predicted octanol–water partition coefficient (Wildman–Crippen LogP) is 3.13. The van der Waals surface area contributed by atoms with Crippen molar-refractivity contribution < 1.29 is 0 Å². The van der Waals surface area contributed by atoms with Crippen LogP contribution in [0.15, 0.2) is 49.3 Å². The average molecular weight is 368 g/mol. The first-order chi connectivity index (χ1) is 13.7. The van der Waals surface area contributed by atoms with E-state index in [9.17, 15) is 5.26 Å². The van der Waals surface area contributed by atoms with Crippen molar-refractivity contribution in [2.75, 3.05) is 0 Å². The summed E-state index contributed by atoms with van der Waals surface area (Å²) in [4.78, 5) is 4.43. The molecule has 1 fully saturated rings. The Labute approximate surface area is 160 Å². The molecule has 0 unspecified atom stereocenters. The fraction of sp³-hybridized carbons (Fsp3) is 0.250. The quantitative estimate of drug-likeness (QED) is 0.595. The molecule has 8 nitrogen and oxygen atoms in total. The number of hydrogen-bond acceptors (Lipinski definition) is 5. The number of aromatic amines is 1. The van der Waals surface area contributed by atoms with Crippen molar-refractivity contribution in [2.24, 2.45) is 5.92 Å². The van der Waals surface area contributed by atoms with Gasteiger partial charge in [-0.1, -0.05) is 0 Å². The summed E-state index contributed by atoms with van der Waals surface area (Å²) in [5, 5.41) is 29.9. The number of imidazole rings is 1. The van der Waals surface area contributed by atoms with Crippen molar-refractivity contribution in [3.05, 3.63) is 49.3 Å². The third-order valence-corrected chi connectivity index (χ3v) is 5.55. The number of rotatable bonds is 4. The van der Waals surface area contributed by atoms with Gasteiger partial charge >= 0.3 is 0 Å². The minimum atomic E-state index is -0.385.